The third-order valence-corrected chi connectivity index (χ3v) is 4.43. The van der Waals surface area contributed by atoms with Gasteiger partial charge in [-0.1, -0.05) is 41.4 Å². The Morgan fingerprint density at radius 3 is 2.52 bits per heavy atom. The van der Waals surface area contributed by atoms with E-state index in [4.69, 9.17) is 23.2 Å². The molecule has 3 aromatic rings. The zero-order valence-corrected chi connectivity index (χ0v) is 15.5. The largest absolute Gasteiger partial charge is 0.347 e. The number of amides is 2. The molecule has 27 heavy (non-hydrogen) atoms. The number of carbonyl (C=O) groups is 2. The summed E-state index contributed by atoms with van der Waals surface area (Å²) in [5, 5.41) is 13.7. The molecule has 0 saturated heterocycles. The van der Waals surface area contributed by atoms with Crippen LogP contribution >= 0.6 is 23.2 Å². The number of hydrogen-bond donors (Lipinski definition) is 2. The first-order valence-electron chi connectivity index (χ1n) is 7.99. The highest BCUT2D eigenvalue weighted by molar-refractivity contribution is 6.42. The van der Waals surface area contributed by atoms with Crippen molar-refractivity contribution in [3.05, 3.63) is 76.3 Å². The zero-order chi connectivity index (χ0) is 19.2. The van der Waals surface area contributed by atoms with Crippen molar-refractivity contribution in [2.45, 2.75) is 6.54 Å². The van der Waals surface area contributed by atoms with Crippen molar-refractivity contribution in [1.29, 1.82) is 0 Å². The Morgan fingerprint density at radius 2 is 1.78 bits per heavy atom. The molecule has 2 N–H and O–H groups in total. The van der Waals surface area contributed by atoms with E-state index in [-0.39, 0.29) is 24.0 Å². The lowest BCUT2D eigenvalue weighted by molar-refractivity contribution is -0.120. The molecule has 1 aromatic heterocycles. The molecule has 3 rings (SSSR count). The molecule has 1 heterocycles. The van der Waals surface area contributed by atoms with E-state index in [1.54, 1.807) is 10.9 Å². The van der Waals surface area contributed by atoms with Crippen LogP contribution < -0.4 is 10.6 Å². The van der Waals surface area contributed by atoms with Gasteiger partial charge >= 0.3 is 0 Å². The summed E-state index contributed by atoms with van der Waals surface area (Å²) in [6.45, 7) is -0.00504. The van der Waals surface area contributed by atoms with Gasteiger partial charge in [-0.05, 0) is 30.3 Å². The smallest absolute Gasteiger partial charge is 0.251 e. The summed E-state index contributed by atoms with van der Waals surface area (Å²) in [5.41, 5.74) is 1.21. The standard InChI is InChI=1S/C18H15Cl2N5O2/c19-14-7-6-12(8-15(14)20)18(27)22-10-17(26)21-9-16-24-23-11-25(16)13-4-2-1-3-5-13/h1-8,11H,9-10H2,(H,21,26)(H,22,27). The second kappa shape index (κ2) is 8.66. The molecule has 138 valence electrons. The first-order chi connectivity index (χ1) is 13.0. The van der Waals surface area contributed by atoms with Crippen molar-refractivity contribution in [2.75, 3.05) is 6.54 Å². The first kappa shape index (κ1) is 18.9. The second-order valence-corrected chi connectivity index (χ2v) is 6.36. The highest BCUT2D eigenvalue weighted by atomic mass is 35.5. The van der Waals surface area contributed by atoms with Crippen LogP contribution in [0.5, 0.6) is 0 Å². The normalized spacial score (nSPS) is 10.4. The van der Waals surface area contributed by atoms with Gasteiger partial charge in [-0.3, -0.25) is 14.2 Å². The quantitative estimate of drug-likeness (QED) is 0.661. The maximum absolute atomic E-state index is 12.1. The van der Waals surface area contributed by atoms with Crippen LogP contribution in [-0.4, -0.2) is 33.1 Å². The molecule has 0 radical (unpaired) electrons. The number of nitrogens with zero attached hydrogens (tertiary/aromatic N) is 3. The summed E-state index contributed by atoms with van der Waals surface area (Å²) < 4.78 is 1.77. The molecular formula is C18H15Cl2N5O2. The van der Waals surface area contributed by atoms with Gasteiger partial charge in [0, 0.05) is 11.3 Å². The van der Waals surface area contributed by atoms with Crippen molar-refractivity contribution in [1.82, 2.24) is 25.4 Å². The molecule has 0 spiro atoms. The number of carbonyl (C=O) groups excluding carboxylic acids is 2. The van der Waals surface area contributed by atoms with Crippen molar-refractivity contribution < 1.29 is 9.59 Å². The Hall–Kier alpha value is -2.90. The molecule has 0 aliphatic rings. The topological polar surface area (TPSA) is 88.9 Å². The van der Waals surface area contributed by atoms with Crippen LogP contribution in [0.25, 0.3) is 5.69 Å². The van der Waals surface area contributed by atoms with Gasteiger partial charge in [0.25, 0.3) is 5.91 Å². The number of halogens is 2. The minimum Gasteiger partial charge on any atom is -0.347 e. The van der Waals surface area contributed by atoms with Crippen LogP contribution in [0.15, 0.2) is 54.9 Å². The summed E-state index contributed by atoms with van der Waals surface area (Å²) in [4.78, 5) is 24.1. The lowest BCUT2D eigenvalue weighted by Crippen LogP contribution is -2.37. The highest BCUT2D eigenvalue weighted by Crippen LogP contribution is 2.22. The van der Waals surface area contributed by atoms with Crippen LogP contribution in [0, 0.1) is 0 Å². The average Bonchev–Trinajstić information content (AvgIpc) is 3.16. The molecule has 7 nitrogen and oxygen atoms in total. The minimum atomic E-state index is -0.420. The summed E-state index contributed by atoms with van der Waals surface area (Å²) in [6.07, 6.45) is 1.57. The molecule has 0 unspecified atom stereocenters. The fourth-order valence-corrected chi connectivity index (χ4v) is 2.62. The van der Waals surface area contributed by atoms with Gasteiger partial charge in [0.1, 0.15) is 6.33 Å². The number of rotatable bonds is 6. The number of aromatic nitrogens is 3. The summed E-state index contributed by atoms with van der Waals surface area (Å²) in [5.74, 6) is -0.201. The lowest BCUT2D eigenvalue weighted by Gasteiger charge is -2.09. The number of para-hydroxylation sites is 1. The van der Waals surface area contributed by atoms with Gasteiger partial charge in [0.05, 0.1) is 23.1 Å². The van der Waals surface area contributed by atoms with Crippen LogP contribution in [0.1, 0.15) is 16.2 Å². The number of nitrogens with one attached hydrogen (secondary N) is 2. The Morgan fingerprint density at radius 1 is 1.00 bits per heavy atom. The van der Waals surface area contributed by atoms with Gasteiger partial charge in [0.15, 0.2) is 5.82 Å². The SMILES string of the molecule is O=C(CNC(=O)c1ccc(Cl)c(Cl)c1)NCc1nncn1-c1ccccc1. The highest BCUT2D eigenvalue weighted by Gasteiger charge is 2.11. The van der Waals surface area contributed by atoms with Crippen molar-refractivity contribution >= 4 is 35.0 Å². The van der Waals surface area contributed by atoms with Gasteiger partial charge < -0.3 is 10.6 Å². The molecule has 9 heteroatoms. The first-order valence-corrected chi connectivity index (χ1v) is 8.74. The maximum Gasteiger partial charge on any atom is 0.251 e. The van der Waals surface area contributed by atoms with E-state index in [1.165, 1.54) is 18.2 Å². The number of benzene rings is 2. The van der Waals surface area contributed by atoms with E-state index >= 15 is 0 Å². The Bertz CT molecular complexity index is 959. The Labute approximate surface area is 165 Å². The average molecular weight is 404 g/mol. The van der Waals surface area contributed by atoms with Crippen molar-refractivity contribution in [3.63, 3.8) is 0 Å². The predicted octanol–water partition coefficient (Wildman–Crippen LogP) is 2.62. The van der Waals surface area contributed by atoms with E-state index in [9.17, 15) is 9.59 Å². The molecule has 0 aliphatic heterocycles. The van der Waals surface area contributed by atoms with Crippen LogP contribution in [-0.2, 0) is 11.3 Å². The monoisotopic (exact) mass is 403 g/mol. The van der Waals surface area contributed by atoms with E-state index in [1.807, 2.05) is 30.3 Å². The fourth-order valence-electron chi connectivity index (χ4n) is 2.32. The maximum atomic E-state index is 12.1. The molecule has 0 saturated carbocycles. The molecule has 0 bridgehead atoms. The van der Waals surface area contributed by atoms with Gasteiger partial charge in [-0.25, -0.2) is 0 Å². The van der Waals surface area contributed by atoms with Gasteiger partial charge in [0.2, 0.25) is 5.91 Å². The molecule has 2 amide bonds. The minimum absolute atomic E-state index is 0.177. The Balaban J connectivity index is 1.53. The third-order valence-electron chi connectivity index (χ3n) is 3.69. The number of hydrogen-bond acceptors (Lipinski definition) is 4. The third kappa shape index (κ3) is 4.84. The fraction of sp³-hybridized carbons (Fsp3) is 0.111. The zero-order valence-electron chi connectivity index (χ0n) is 14.0. The van der Waals surface area contributed by atoms with E-state index in [0.29, 0.717) is 16.4 Å². The summed E-state index contributed by atoms with van der Waals surface area (Å²) >= 11 is 11.7. The lowest BCUT2D eigenvalue weighted by atomic mass is 10.2. The van der Waals surface area contributed by atoms with E-state index in [2.05, 4.69) is 20.8 Å². The van der Waals surface area contributed by atoms with Crippen LogP contribution in [0.2, 0.25) is 10.0 Å². The van der Waals surface area contributed by atoms with Gasteiger partial charge in [-0.15, -0.1) is 10.2 Å². The Kier molecular flexibility index (Phi) is 6.05. The van der Waals surface area contributed by atoms with Gasteiger partial charge in [-0.2, -0.15) is 0 Å². The molecule has 0 aliphatic carbocycles. The van der Waals surface area contributed by atoms with Crippen molar-refractivity contribution in [2.24, 2.45) is 0 Å². The second-order valence-electron chi connectivity index (χ2n) is 5.54. The van der Waals surface area contributed by atoms with Crippen molar-refractivity contribution in [3.8, 4) is 5.69 Å². The van der Waals surface area contributed by atoms with Crippen LogP contribution in [0.4, 0.5) is 0 Å². The van der Waals surface area contributed by atoms with E-state index < -0.39 is 5.91 Å². The predicted molar refractivity (Wildman–Crippen MR) is 102 cm³/mol. The molecule has 0 atom stereocenters. The summed E-state index contributed by atoms with van der Waals surface area (Å²) in [7, 11) is 0. The van der Waals surface area contributed by atoms with Crippen LogP contribution in [0.3, 0.4) is 0 Å². The van der Waals surface area contributed by atoms with E-state index in [0.717, 1.165) is 5.69 Å². The molecular weight excluding hydrogens is 389 g/mol. The molecule has 0 fully saturated rings. The molecule has 2 aromatic carbocycles. The summed E-state index contributed by atoms with van der Waals surface area (Å²) in [6, 6.07) is 14.0.